The van der Waals surface area contributed by atoms with Gasteiger partial charge in [-0.2, -0.15) is 0 Å². The highest BCUT2D eigenvalue weighted by Crippen LogP contribution is 2.28. The average Bonchev–Trinajstić information content (AvgIpc) is 3.23. The number of anilines is 1. The van der Waals surface area contributed by atoms with Crippen molar-refractivity contribution >= 4 is 21.7 Å². The zero-order valence-corrected chi connectivity index (χ0v) is 18.9. The monoisotopic (exact) mass is 446 g/mol. The molecule has 9 nitrogen and oxygen atoms in total. The van der Waals surface area contributed by atoms with E-state index in [1.54, 1.807) is 6.92 Å². The standard InChI is InChI=1S/C14H18N4O5S.C7H8/c1-8(15)12-16-17-13(23-12)9-5-10(14(19)22-3)7-11(6-9)18(2)24(4,20)21;1-7-5-3-2-4-6-7/h5-8H,15H2,1-4H3;2-6H,1H3/t8-;/m0./s1. The summed E-state index contributed by atoms with van der Waals surface area (Å²) >= 11 is 0. The van der Waals surface area contributed by atoms with Crippen molar-refractivity contribution < 1.29 is 22.4 Å². The van der Waals surface area contributed by atoms with E-state index in [4.69, 9.17) is 14.9 Å². The van der Waals surface area contributed by atoms with E-state index in [2.05, 4.69) is 29.3 Å². The van der Waals surface area contributed by atoms with E-state index in [1.165, 1.54) is 37.9 Å². The Morgan fingerprint density at radius 2 is 1.81 bits per heavy atom. The van der Waals surface area contributed by atoms with Crippen LogP contribution in [0.3, 0.4) is 0 Å². The largest absolute Gasteiger partial charge is 0.465 e. The molecule has 0 fully saturated rings. The molecule has 1 atom stereocenters. The highest BCUT2D eigenvalue weighted by Gasteiger charge is 2.19. The third-order valence-electron chi connectivity index (χ3n) is 4.22. The maximum Gasteiger partial charge on any atom is 0.337 e. The second-order valence-electron chi connectivity index (χ2n) is 6.88. The SMILES string of the molecule is COC(=O)c1cc(-c2nnc([C@H](C)N)o2)cc(N(C)S(C)(=O)=O)c1.Cc1ccccc1. The lowest BCUT2D eigenvalue weighted by Crippen LogP contribution is -2.25. The van der Waals surface area contributed by atoms with Crippen LogP contribution in [0.15, 0.2) is 52.9 Å². The fraction of sp³-hybridized carbons (Fsp3) is 0.286. The second kappa shape index (κ2) is 10.2. The van der Waals surface area contributed by atoms with E-state index < -0.39 is 22.0 Å². The molecule has 2 N–H and O–H groups in total. The molecule has 1 heterocycles. The van der Waals surface area contributed by atoms with Gasteiger partial charge in [0.05, 0.1) is 30.7 Å². The summed E-state index contributed by atoms with van der Waals surface area (Å²) in [7, 11) is -0.914. The lowest BCUT2D eigenvalue weighted by Gasteiger charge is -2.18. The van der Waals surface area contributed by atoms with Gasteiger partial charge in [-0.05, 0) is 32.0 Å². The van der Waals surface area contributed by atoms with Crippen molar-refractivity contribution in [1.82, 2.24) is 10.2 Å². The number of sulfonamides is 1. The van der Waals surface area contributed by atoms with Gasteiger partial charge in [0.15, 0.2) is 0 Å². The molecule has 3 rings (SSSR count). The van der Waals surface area contributed by atoms with Gasteiger partial charge in [0.2, 0.25) is 21.8 Å². The molecule has 0 aliphatic carbocycles. The van der Waals surface area contributed by atoms with E-state index in [9.17, 15) is 13.2 Å². The molecule has 2 aromatic carbocycles. The Kier molecular flexibility index (Phi) is 7.89. The number of rotatable bonds is 5. The summed E-state index contributed by atoms with van der Waals surface area (Å²) in [6.45, 7) is 3.77. The minimum Gasteiger partial charge on any atom is -0.465 e. The van der Waals surface area contributed by atoms with Crippen molar-refractivity contribution in [2.45, 2.75) is 19.9 Å². The van der Waals surface area contributed by atoms with Crippen LogP contribution in [0, 0.1) is 6.92 Å². The molecule has 0 aliphatic heterocycles. The number of methoxy groups -OCH3 is 1. The summed E-state index contributed by atoms with van der Waals surface area (Å²) in [5.41, 5.74) is 7.80. The Hall–Kier alpha value is -3.24. The molecular formula is C21H26N4O5S. The number of ether oxygens (including phenoxy) is 1. The van der Waals surface area contributed by atoms with Crippen molar-refractivity contribution in [2.75, 3.05) is 24.7 Å². The molecule has 0 bridgehead atoms. The molecule has 1 aromatic heterocycles. The predicted molar refractivity (Wildman–Crippen MR) is 118 cm³/mol. The van der Waals surface area contributed by atoms with Gasteiger partial charge in [-0.25, -0.2) is 13.2 Å². The van der Waals surface area contributed by atoms with Crippen molar-refractivity contribution in [3.63, 3.8) is 0 Å². The molecule has 0 aliphatic rings. The Bertz CT molecular complexity index is 1130. The molecule has 0 amide bonds. The van der Waals surface area contributed by atoms with Crippen LogP contribution < -0.4 is 10.0 Å². The number of nitrogens with zero attached hydrogens (tertiary/aromatic N) is 3. The molecule has 3 aromatic rings. The highest BCUT2D eigenvalue weighted by molar-refractivity contribution is 7.92. The van der Waals surface area contributed by atoms with E-state index in [0.717, 1.165) is 10.6 Å². The smallest absolute Gasteiger partial charge is 0.337 e. The predicted octanol–water partition coefficient (Wildman–Crippen LogP) is 2.93. The molecule has 166 valence electrons. The molecule has 0 saturated heterocycles. The van der Waals surface area contributed by atoms with Gasteiger partial charge in [-0.3, -0.25) is 4.31 Å². The van der Waals surface area contributed by atoms with E-state index >= 15 is 0 Å². The molecule has 0 radical (unpaired) electrons. The Labute approximate surface area is 181 Å². The molecule has 10 heteroatoms. The number of benzene rings is 2. The molecule has 0 unspecified atom stereocenters. The number of aromatic nitrogens is 2. The first-order valence-corrected chi connectivity index (χ1v) is 11.2. The van der Waals surface area contributed by atoms with Crippen molar-refractivity contribution in [3.8, 4) is 11.5 Å². The van der Waals surface area contributed by atoms with Crippen LogP contribution in [0.2, 0.25) is 0 Å². The van der Waals surface area contributed by atoms with Gasteiger partial charge >= 0.3 is 5.97 Å². The third kappa shape index (κ3) is 6.63. The first-order valence-electron chi connectivity index (χ1n) is 9.31. The number of nitrogens with two attached hydrogens (primary N) is 1. The van der Waals surface area contributed by atoms with Gasteiger partial charge in [0.25, 0.3) is 0 Å². The lowest BCUT2D eigenvalue weighted by molar-refractivity contribution is 0.0601. The number of carbonyl (C=O) groups is 1. The van der Waals surface area contributed by atoms with E-state index in [0.29, 0.717) is 5.56 Å². The van der Waals surface area contributed by atoms with Gasteiger partial charge in [0.1, 0.15) is 0 Å². The topological polar surface area (TPSA) is 129 Å². The van der Waals surface area contributed by atoms with Crippen LogP contribution in [0.5, 0.6) is 0 Å². The maximum absolute atomic E-state index is 11.9. The second-order valence-corrected chi connectivity index (χ2v) is 8.89. The quantitative estimate of drug-likeness (QED) is 0.592. The van der Waals surface area contributed by atoms with Crippen LogP contribution in [0.1, 0.15) is 34.8 Å². The maximum atomic E-state index is 11.9. The molecule has 31 heavy (non-hydrogen) atoms. The minimum absolute atomic E-state index is 0.121. The van der Waals surface area contributed by atoms with Crippen molar-refractivity contribution in [2.24, 2.45) is 5.73 Å². The van der Waals surface area contributed by atoms with Crippen LogP contribution in [-0.4, -0.2) is 45.0 Å². The fourth-order valence-corrected chi connectivity index (χ4v) is 2.90. The van der Waals surface area contributed by atoms with Gasteiger partial charge in [-0.1, -0.05) is 35.9 Å². The number of hydrogen-bond donors (Lipinski definition) is 1. The Morgan fingerprint density at radius 3 is 2.26 bits per heavy atom. The number of carbonyl (C=O) groups excluding carboxylic acids is 1. The van der Waals surface area contributed by atoms with E-state index in [-0.39, 0.29) is 23.0 Å². The van der Waals surface area contributed by atoms with Crippen molar-refractivity contribution in [1.29, 1.82) is 0 Å². The number of aryl methyl sites for hydroxylation is 1. The first-order chi connectivity index (χ1) is 14.5. The van der Waals surface area contributed by atoms with E-state index in [1.807, 2.05) is 18.2 Å². The summed E-state index contributed by atoms with van der Waals surface area (Å²) < 4.78 is 34.7. The molecule has 0 saturated carbocycles. The van der Waals surface area contributed by atoms with Gasteiger partial charge in [0, 0.05) is 12.6 Å². The number of esters is 1. The summed E-state index contributed by atoms with van der Waals surface area (Å²) in [6, 6.07) is 14.2. The zero-order valence-electron chi connectivity index (χ0n) is 18.1. The fourth-order valence-electron chi connectivity index (χ4n) is 2.41. The average molecular weight is 447 g/mol. The minimum atomic E-state index is -3.52. The zero-order chi connectivity index (χ0) is 23.2. The first kappa shape index (κ1) is 24.0. The summed E-state index contributed by atoms with van der Waals surface area (Å²) in [4.78, 5) is 11.9. The number of hydrogen-bond acceptors (Lipinski definition) is 8. The summed E-state index contributed by atoms with van der Waals surface area (Å²) in [5, 5.41) is 7.70. The summed E-state index contributed by atoms with van der Waals surface area (Å²) in [6.07, 6.45) is 1.05. The van der Waals surface area contributed by atoms with Crippen molar-refractivity contribution in [3.05, 3.63) is 65.5 Å². The highest BCUT2D eigenvalue weighted by atomic mass is 32.2. The van der Waals surface area contributed by atoms with Crippen LogP contribution in [-0.2, 0) is 14.8 Å². The Balaban J connectivity index is 0.000000412. The Morgan fingerprint density at radius 1 is 1.16 bits per heavy atom. The van der Waals surface area contributed by atoms with Gasteiger partial charge < -0.3 is 14.9 Å². The van der Waals surface area contributed by atoms with Crippen LogP contribution in [0.4, 0.5) is 5.69 Å². The van der Waals surface area contributed by atoms with Crippen LogP contribution >= 0.6 is 0 Å². The normalized spacial score (nSPS) is 11.8. The third-order valence-corrected chi connectivity index (χ3v) is 5.42. The molecule has 0 spiro atoms. The summed E-state index contributed by atoms with van der Waals surface area (Å²) in [5.74, 6) is -0.269. The molecular weight excluding hydrogens is 420 g/mol. The lowest BCUT2D eigenvalue weighted by atomic mass is 10.1. The van der Waals surface area contributed by atoms with Gasteiger partial charge in [-0.15, -0.1) is 10.2 Å². The van der Waals surface area contributed by atoms with Crippen LogP contribution in [0.25, 0.3) is 11.5 Å².